The molecule has 0 aliphatic heterocycles. The van der Waals surface area contributed by atoms with E-state index in [2.05, 4.69) is 16.4 Å². The highest BCUT2D eigenvalue weighted by atomic mass is 16.3. The molecule has 19 heavy (non-hydrogen) atoms. The first-order valence-corrected chi connectivity index (χ1v) is 6.10. The Labute approximate surface area is 112 Å². The van der Waals surface area contributed by atoms with Crippen molar-refractivity contribution >= 4 is 5.82 Å². The largest absolute Gasteiger partial charge is 0.391 e. The molecule has 0 aliphatic rings. The molecule has 0 aliphatic carbocycles. The van der Waals surface area contributed by atoms with Crippen LogP contribution in [0.1, 0.15) is 11.1 Å². The maximum Gasteiger partial charge on any atom is 0.143 e. The first-order valence-electron chi connectivity index (χ1n) is 6.10. The molecule has 0 fully saturated rings. The Bertz CT molecular complexity index is 563. The Balaban J connectivity index is 1.90. The number of nitriles is 1. The molecule has 1 aromatic heterocycles. The van der Waals surface area contributed by atoms with Crippen LogP contribution < -0.4 is 5.32 Å². The van der Waals surface area contributed by atoms with Crippen molar-refractivity contribution in [2.45, 2.75) is 12.5 Å². The zero-order valence-electron chi connectivity index (χ0n) is 10.5. The Hall–Kier alpha value is -2.38. The van der Waals surface area contributed by atoms with Crippen molar-refractivity contribution < 1.29 is 5.11 Å². The van der Waals surface area contributed by atoms with Crippen LogP contribution in [0.3, 0.4) is 0 Å². The second-order valence-corrected chi connectivity index (χ2v) is 4.24. The molecule has 1 atom stereocenters. The lowest BCUT2D eigenvalue weighted by molar-refractivity contribution is 0.188. The van der Waals surface area contributed by atoms with E-state index in [1.54, 1.807) is 18.3 Å². The number of benzene rings is 1. The number of aliphatic hydroxyl groups excluding tert-OH is 1. The molecule has 1 heterocycles. The van der Waals surface area contributed by atoms with E-state index in [9.17, 15) is 5.11 Å². The molecule has 2 N–H and O–H groups in total. The number of nitrogens with zero attached hydrogens (tertiary/aromatic N) is 2. The second kappa shape index (κ2) is 6.53. The predicted molar refractivity (Wildman–Crippen MR) is 73.6 cm³/mol. The summed E-state index contributed by atoms with van der Waals surface area (Å²) >= 11 is 0. The Morgan fingerprint density at radius 2 is 2.00 bits per heavy atom. The van der Waals surface area contributed by atoms with Gasteiger partial charge in [-0.2, -0.15) is 5.26 Å². The summed E-state index contributed by atoms with van der Waals surface area (Å²) in [5, 5.41) is 21.9. The van der Waals surface area contributed by atoms with Crippen LogP contribution in [0.5, 0.6) is 0 Å². The molecule has 96 valence electrons. The predicted octanol–water partition coefficient (Wildman–Crippen LogP) is 1.97. The zero-order valence-corrected chi connectivity index (χ0v) is 10.5. The van der Waals surface area contributed by atoms with Crippen LogP contribution in [0.2, 0.25) is 0 Å². The number of hydrogen-bond donors (Lipinski definition) is 2. The smallest absolute Gasteiger partial charge is 0.143 e. The highest BCUT2D eigenvalue weighted by molar-refractivity contribution is 5.51. The molecule has 4 nitrogen and oxygen atoms in total. The van der Waals surface area contributed by atoms with Crippen LogP contribution in [0, 0.1) is 11.3 Å². The van der Waals surface area contributed by atoms with Crippen molar-refractivity contribution in [3.05, 3.63) is 59.8 Å². The Kier molecular flexibility index (Phi) is 4.49. The van der Waals surface area contributed by atoms with Crippen molar-refractivity contribution in [2.75, 3.05) is 11.9 Å². The highest BCUT2D eigenvalue weighted by Gasteiger charge is 2.07. The van der Waals surface area contributed by atoms with Gasteiger partial charge in [0.15, 0.2) is 0 Å². The molecule has 0 saturated heterocycles. The molecule has 2 aromatic rings. The zero-order chi connectivity index (χ0) is 13.5. The van der Waals surface area contributed by atoms with E-state index in [1.165, 1.54) is 0 Å². The van der Waals surface area contributed by atoms with Crippen molar-refractivity contribution in [3.8, 4) is 6.07 Å². The molecule has 0 radical (unpaired) electrons. The van der Waals surface area contributed by atoms with E-state index in [1.807, 2.05) is 30.3 Å². The summed E-state index contributed by atoms with van der Waals surface area (Å²) in [6.45, 7) is 0.362. The van der Waals surface area contributed by atoms with E-state index < -0.39 is 6.10 Å². The van der Waals surface area contributed by atoms with Gasteiger partial charge >= 0.3 is 0 Å². The summed E-state index contributed by atoms with van der Waals surface area (Å²) < 4.78 is 0. The Morgan fingerprint density at radius 1 is 1.21 bits per heavy atom. The van der Waals surface area contributed by atoms with Gasteiger partial charge in [-0.25, -0.2) is 4.98 Å². The fraction of sp³-hybridized carbons (Fsp3) is 0.200. The minimum Gasteiger partial charge on any atom is -0.391 e. The standard InChI is InChI=1S/C15H15N3O/c16-10-13-7-4-8-17-15(13)18-11-14(19)9-12-5-2-1-3-6-12/h1-8,14,19H,9,11H2,(H,17,18). The average Bonchev–Trinajstić information content (AvgIpc) is 2.46. The minimum atomic E-state index is -0.518. The minimum absolute atomic E-state index is 0.362. The van der Waals surface area contributed by atoms with E-state index in [-0.39, 0.29) is 0 Å². The third kappa shape index (κ3) is 3.80. The number of hydrogen-bond acceptors (Lipinski definition) is 4. The number of aromatic nitrogens is 1. The number of anilines is 1. The van der Waals surface area contributed by atoms with Crippen molar-refractivity contribution in [3.63, 3.8) is 0 Å². The van der Waals surface area contributed by atoms with Crippen LogP contribution in [-0.4, -0.2) is 22.7 Å². The van der Waals surface area contributed by atoms with Crippen LogP contribution in [0.15, 0.2) is 48.7 Å². The highest BCUT2D eigenvalue weighted by Crippen LogP contribution is 2.10. The van der Waals surface area contributed by atoms with Crippen LogP contribution in [0.25, 0.3) is 0 Å². The van der Waals surface area contributed by atoms with Crippen LogP contribution >= 0.6 is 0 Å². The fourth-order valence-corrected chi connectivity index (χ4v) is 1.81. The summed E-state index contributed by atoms with van der Waals surface area (Å²) in [5.74, 6) is 0.511. The van der Waals surface area contributed by atoms with Crippen molar-refractivity contribution in [1.82, 2.24) is 4.98 Å². The second-order valence-electron chi connectivity index (χ2n) is 4.24. The number of rotatable bonds is 5. The molecule has 2 rings (SSSR count). The normalized spacial score (nSPS) is 11.6. The van der Waals surface area contributed by atoms with E-state index in [4.69, 9.17) is 5.26 Å². The number of pyridine rings is 1. The summed E-state index contributed by atoms with van der Waals surface area (Å²) in [6.07, 6.45) is 1.67. The molecule has 1 unspecified atom stereocenters. The first kappa shape index (κ1) is 13.1. The third-order valence-corrected chi connectivity index (χ3v) is 2.75. The number of aliphatic hydroxyl groups is 1. The van der Waals surface area contributed by atoms with Gasteiger partial charge in [-0.3, -0.25) is 0 Å². The maximum absolute atomic E-state index is 9.95. The molecule has 0 saturated carbocycles. The van der Waals surface area contributed by atoms with Gasteiger partial charge in [0.1, 0.15) is 11.9 Å². The maximum atomic E-state index is 9.95. The Morgan fingerprint density at radius 3 is 2.74 bits per heavy atom. The van der Waals surface area contributed by atoms with Crippen molar-refractivity contribution in [1.29, 1.82) is 5.26 Å². The lowest BCUT2D eigenvalue weighted by Crippen LogP contribution is -2.22. The SMILES string of the molecule is N#Cc1cccnc1NCC(O)Cc1ccccc1. The summed E-state index contributed by atoms with van der Waals surface area (Å²) in [6, 6.07) is 15.3. The van der Waals surface area contributed by atoms with Gasteiger partial charge in [-0.15, -0.1) is 0 Å². The third-order valence-electron chi connectivity index (χ3n) is 2.75. The van der Waals surface area contributed by atoms with E-state index in [0.717, 1.165) is 5.56 Å². The lowest BCUT2D eigenvalue weighted by Gasteiger charge is -2.12. The summed E-state index contributed by atoms with van der Waals surface area (Å²) in [4.78, 5) is 4.08. The quantitative estimate of drug-likeness (QED) is 0.854. The average molecular weight is 253 g/mol. The van der Waals surface area contributed by atoms with Gasteiger partial charge in [0.05, 0.1) is 11.7 Å². The van der Waals surface area contributed by atoms with Crippen LogP contribution in [0.4, 0.5) is 5.82 Å². The summed E-state index contributed by atoms with van der Waals surface area (Å²) in [7, 11) is 0. The fourth-order valence-electron chi connectivity index (χ4n) is 1.81. The van der Waals surface area contributed by atoms with E-state index >= 15 is 0 Å². The van der Waals surface area contributed by atoms with Gasteiger partial charge in [0, 0.05) is 19.2 Å². The van der Waals surface area contributed by atoms with Crippen LogP contribution in [-0.2, 0) is 6.42 Å². The molecule has 0 spiro atoms. The molecule has 1 aromatic carbocycles. The lowest BCUT2D eigenvalue weighted by atomic mass is 10.1. The first-order chi connectivity index (χ1) is 9.29. The molecule has 0 amide bonds. The van der Waals surface area contributed by atoms with Crippen molar-refractivity contribution in [2.24, 2.45) is 0 Å². The van der Waals surface area contributed by atoms with E-state index in [0.29, 0.717) is 24.3 Å². The molecular weight excluding hydrogens is 238 g/mol. The monoisotopic (exact) mass is 253 g/mol. The molecule has 0 bridgehead atoms. The van der Waals surface area contributed by atoms with Gasteiger partial charge in [-0.1, -0.05) is 30.3 Å². The topological polar surface area (TPSA) is 68.9 Å². The van der Waals surface area contributed by atoms with Gasteiger partial charge in [0.2, 0.25) is 0 Å². The van der Waals surface area contributed by atoms with Gasteiger partial charge < -0.3 is 10.4 Å². The van der Waals surface area contributed by atoms with Gasteiger partial charge in [0.25, 0.3) is 0 Å². The number of nitrogens with one attached hydrogen (secondary N) is 1. The van der Waals surface area contributed by atoms with Gasteiger partial charge in [-0.05, 0) is 17.7 Å². The molecule has 4 heteroatoms. The molecular formula is C15H15N3O. The summed E-state index contributed by atoms with van der Waals surface area (Å²) in [5.41, 5.74) is 1.56.